The molecule has 0 heterocycles. The fourth-order valence-corrected chi connectivity index (χ4v) is 2.97. The number of hydrogen-bond donors (Lipinski definition) is 2. The number of methoxy groups -OCH3 is 1. The molecule has 0 amide bonds. The molecule has 0 unspecified atom stereocenters. The summed E-state index contributed by atoms with van der Waals surface area (Å²) in [6, 6.07) is 14.4. The zero-order valence-corrected chi connectivity index (χ0v) is 17.3. The minimum Gasteiger partial charge on any atom is -0.497 e. The molecule has 2 N–H and O–H groups in total. The van der Waals surface area contributed by atoms with Crippen LogP contribution in [0, 0.1) is 0 Å². The molecule has 0 aromatic heterocycles. The summed E-state index contributed by atoms with van der Waals surface area (Å²) in [4.78, 5) is 6.44. The molecule has 0 saturated heterocycles. The fraction of sp³-hybridized carbons (Fsp3) is 0.381. The number of aliphatic imine (C=N–C) groups is 1. The largest absolute Gasteiger partial charge is 0.497 e. The van der Waals surface area contributed by atoms with E-state index in [9.17, 15) is 0 Å². The average Bonchev–Trinajstić information content (AvgIpc) is 2.66. The Balaban J connectivity index is 1.79. The highest BCUT2D eigenvalue weighted by atomic mass is 35.5. The Bertz CT molecular complexity index is 744. The molecule has 2 aromatic rings. The Morgan fingerprint density at radius 2 is 1.78 bits per heavy atom. The Kier molecular flexibility index (Phi) is 8.43. The van der Waals surface area contributed by atoms with Gasteiger partial charge in [-0.3, -0.25) is 4.99 Å². The van der Waals surface area contributed by atoms with Gasteiger partial charge >= 0.3 is 0 Å². The van der Waals surface area contributed by atoms with Crippen LogP contribution in [0.25, 0.3) is 0 Å². The van der Waals surface area contributed by atoms with Gasteiger partial charge in [-0.1, -0.05) is 41.9 Å². The molecule has 0 fully saturated rings. The van der Waals surface area contributed by atoms with Crippen molar-refractivity contribution in [3.05, 3.63) is 64.2 Å². The third-order valence-electron chi connectivity index (χ3n) is 4.15. The van der Waals surface area contributed by atoms with Gasteiger partial charge in [0.25, 0.3) is 0 Å². The van der Waals surface area contributed by atoms with Crippen LogP contribution in [0.15, 0.2) is 47.5 Å². The maximum Gasteiger partial charge on any atom is 0.191 e. The summed E-state index contributed by atoms with van der Waals surface area (Å²) < 4.78 is 5.18. The van der Waals surface area contributed by atoms with E-state index in [4.69, 9.17) is 16.3 Å². The smallest absolute Gasteiger partial charge is 0.191 e. The lowest BCUT2D eigenvalue weighted by Crippen LogP contribution is -2.37. The van der Waals surface area contributed by atoms with Crippen molar-refractivity contribution >= 4 is 17.6 Å². The van der Waals surface area contributed by atoms with E-state index in [0.29, 0.717) is 0 Å². The highest BCUT2D eigenvalue weighted by molar-refractivity contribution is 6.31. The number of nitrogens with one attached hydrogen (secondary N) is 2. The third kappa shape index (κ3) is 7.12. The molecule has 0 bridgehead atoms. The molecule has 0 aliphatic rings. The van der Waals surface area contributed by atoms with Gasteiger partial charge in [0.05, 0.1) is 7.11 Å². The van der Waals surface area contributed by atoms with Gasteiger partial charge in [0.2, 0.25) is 0 Å². The molecule has 0 aliphatic heterocycles. The average molecular weight is 389 g/mol. The molecular formula is C21H29ClN4O. The van der Waals surface area contributed by atoms with E-state index in [2.05, 4.69) is 58.9 Å². The summed E-state index contributed by atoms with van der Waals surface area (Å²) in [6.07, 6.45) is 0.808. The van der Waals surface area contributed by atoms with Crippen LogP contribution in [-0.2, 0) is 19.5 Å². The highest BCUT2D eigenvalue weighted by Crippen LogP contribution is 2.22. The zero-order valence-electron chi connectivity index (χ0n) is 16.6. The molecule has 0 atom stereocenters. The van der Waals surface area contributed by atoms with Crippen molar-refractivity contribution in [2.24, 2.45) is 4.99 Å². The molecular weight excluding hydrogens is 360 g/mol. The molecule has 0 radical (unpaired) electrons. The van der Waals surface area contributed by atoms with Crippen LogP contribution in [0.2, 0.25) is 5.02 Å². The SMILES string of the molecule is CN=C(NCCc1ccc(OC)cc1Cl)NCc1ccc(CN(C)C)cc1. The maximum atomic E-state index is 6.29. The second-order valence-electron chi connectivity index (χ2n) is 6.61. The number of hydrogen-bond acceptors (Lipinski definition) is 3. The minimum absolute atomic E-state index is 0.719. The Morgan fingerprint density at radius 3 is 2.37 bits per heavy atom. The van der Waals surface area contributed by atoms with Gasteiger partial charge in [0.15, 0.2) is 5.96 Å². The first-order chi connectivity index (χ1) is 13.0. The van der Waals surface area contributed by atoms with E-state index >= 15 is 0 Å². The lowest BCUT2D eigenvalue weighted by molar-refractivity contribution is 0.402. The van der Waals surface area contributed by atoms with E-state index in [1.54, 1.807) is 14.2 Å². The van der Waals surface area contributed by atoms with Gasteiger partial charge in [-0.25, -0.2) is 0 Å². The van der Waals surface area contributed by atoms with Crippen LogP contribution in [0.3, 0.4) is 0 Å². The zero-order chi connectivity index (χ0) is 19.6. The van der Waals surface area contributed by atoms with Gasteiger partial charge in [-0.05, 0) is 49.3 Å². The van der Waals surface area contributed by atoms with E-state index in [1.807, 2.05) is 18.2 Å². The number of nitrogens with zero attached hydrogens (tertiary/aromatic N) is 2. The first-order valence-corrected chi connectivity index (χ1v) is 9.39. The highest BCUT2D eigenvalue weighted by Gasteiger charge is 2.04. The topological polar surface area (TPSA) is 48.9 Å². The molecule has 2 aromatic carbocycles. The van der Waals surface area contributed by atoms with Crippen molar-refractivity contribution < 1.29 is 4.74 Å². The summed E-state index contributed by atoms with van der Waals surface area (Å²) >= 11 is 6.29. The summed E-state index contributed by atoms with van der Waals surface area (Å²) in [5.74, 6) is 1.54. The monoisotopic (exact) mass is 388 g/mol. The Morgan fingerprint density at radius 1 is 1.07 bits per heavy atom. The first-order valence-electron chi connectivity index (χ1n) is 9.01. The fourth-order valence-electron chi connectivity index (χ4n) is 2.71. The molecule has 0 spiro atoms. The lowest BCUT2D eigenvalue weighted by atomic mass is 10.1. The summed E-state index contributed by atoms with van der Waals surface area (Å²) in [7, 11) is 7.56. The van der Waals surface area contributed by atoms with Crippen molar-refractivity contribution in [2.75, 3.05) is 34.8 Å². The van der Waals surface area contributed by atoms with Crippen molar-refractivity contribution in [3.8, 4) is 5.75 Å². The molecule has 2 rings (SSSR count). The second kappa shape index (κ2) is 10.8. The van der Waals surface area contributed by atoms with Gasteiger partial charge in [0, 0.05) is 31.7 Å². The predicted molar refractivity (Wildman–Crippen MR) is 114 cm³/mol. The quantitative estimate of drug-likeness (QED) is 0.538. The standard InChI is InChI=1S/C21H29ClN4O/c1-23-21(24-12-11-18-9-10-19(27-4)13-20(18)22)25-14-16-5-7-17(8-6-16)15-26(2)3/h5-10,13H,11-12,14-15H2,1-4H3,(H2,23,24,25). The molecule has 27 heavy (non-hydrogen) atoms. The molecule has 0 aliphatic carbocycles. The molecule has 0 saturated carbocycles. The van der Waals surface area contributed by atoms with Crippen molar-refractivity contribution in [1.29, 1.82) is 0 Å². The van der Waals surface area contributed by atoms with Crippen molar-refractivity contribution in [1.82, 2.24) is 15.5 Å². The van der Waals surface area contributed by atoms with E-state index in [0.717, 1.165) is 48.4 Å². The van der Waals surface area contributed by atoms with Crippen LogP contribution in [0.1, 0.15) is 16.7 Å². The lowest BCUT2D eigenvalue weighted by Gasteiger charge is -2.13. The normalized spacial score (nSPS) is 11.6. The van der Waals surface area contributed by atoms with Crippen molar-refractivity contribution in [3.63, 3.8) is 0 Å². The first kappa shape index (κ1) is 21.1. The summed E-state index contributed by atoms with van der Waals surface area (Å²) in [6.45, 7) is 2.42. The van der Waals surface area contributed by atoms with Crippen LogP contribution < -0.4 is 15.4 Å². The molecule has 6 heteroatoms. The Hall–Kier alpha value is -2.24. The number of ether oxygens (including phenoxy) is 1. The number of benzene rings is 2. The van der Waals surface area contributed by atoms with Crippen LogP contribution in [0.4, 0.5) is 0 Å². The van der Waals surface area contributed by atoms with E-state index in [1.165, 1.54) is 11.1 Å². The maximum absolute atomic E-state index is 6.29. The minimum atomic E-state index is 0.719. The summed E-state index contributed by atoms with van der Waals surface area (Å²) in [5.41, 5.74) is 3.61. The predicted octanol–water partition coefficient (Wildman–Crippen LogP) is 3.32. The van der Waals surface area contributed by atoms with Gasteiger partial charge in [0.1, 0.15) is 5.75 Å². The van der Waals surface area contributed by atoms with E-state index in [-0.39, 0.29) is 0 Å². The van der Waals surface area contributed by atoms with Gasteiger partial charge < -0.3 is 20.3 Å². The number of rotatable bonds is 8. The third-order valence-corrected chi connectivity index (χ3v) is 4.50. The van der Waals surface area contributed by atoms with Crippen molar-refractivity contribution in [2.45, 2.75) is 19.5 Å². The number of guanidine groups is 1. The number of halogens is 1. The summed E-state index contributed by atoms with van der Waals surface area (Å²) in [5, 5.41) is 7.38. The van der Waals surface area contributed by atoms with Crippen LogP contribution in [-0.4, -0.2) is 45.7 Å². The van der Waals surface area contributed by atoms with Gasteiger partial charge in [-0.2, -0.15) is 0 Å². The van der Waals surface area contributed by atoms with Gasteiger partial charge in [-0.15, -0.1) is 0 Å². The van der Waals surface area contributed by atoms with Crippen LogP contribution >= 0.6 is 11.6 Å². The molecule has 5 nitrogen and oxygen atoms in total. The van der Waals surface area contributed by atoms with Crippen LogP contribution in [0.5, 0.6) is 5.75 Å². The van der Waals surface area contributed by atoms with E-state index < -0.39 is 0 Å². The Labute approximate surface area is 167 Å². The molecule has 146 valence electrons. The second-order valence-corrected chi connectivity index (χ2v) is 7.02.